The summed E-state index contributed by atoms with van der Waals surface area (Å²) in [5.74, 6) is -0.201. The number of carbonyl (C=O) groups is 1. The van der Waals surface area contributed by atoms with Crippen molar-refractivity contribution in [3.05, 3.63) is 24.3 Å². The average Bonchev–Trinajstić information content (AvgIpc) is 3.17. The smallest absolute Gasteiger partial charge is 0.387 e. The number of nitrogens with two attached hydrogens (primary N) is 1. The lowest BCUT2D eigenvalue weighted by Gasteiger charge is -2.23. The van der Waals surface area contributed by atoms with Crippen molar-refractivity contribution < 1.29 is 28.4 Å². The first-order valence-electron chi connectivity index (χ1n) is 23.5. The van der Waals surface area contributed by atoms with E-state index in [1.54, 1.807) is 6.08 Å². The maximum absolute atomic E-state index is 12.8. The first-order valence-corrected chi connectivity index (χ1v) is 25.0. The molecule has 0 radical (unpaired) electrons. The summed E-state index contributed by atoms with van der Waals surface area (Å²) in [6.45, 7) is 4.14. The summed E-state index contributed by atoms with van der Waals surface area (Å²) >= 11 is 0. The number of hydrogen-bond donors (Lipinski definition) is 4. The van der Waals surface area contributed by atoms with Crippen molar-refractivity contribution in [1.82, 2.24) is 5.32 Å². The third-order valence-electron chi connectivity index (χ3n) is 10.5. The Morgan fingerprint density at radius 3 is 1.40 bits per heavy atom. The predicted octanol–water partition coefficient (Wildman–Crippen LogP) is 13.3. The van der Waals surface area contributed by atoms with E-state index >= 15 is 0 Å². The van der Waals surface area contributed by atoms with Gasteiger partial charge in [0.2, 0.25) is 5.91 Å². The van der Waals surface area contributed by atoms with E-state index in [4.69, 9.17) is 14.8 Å². The zero-order chi connectivity index (χ0) is 40.3. The van der Waals surface area contributed by atoms with E-state index < -0.39 is 20.0 Å². The molecule has 55 heavy (non-hydrogen) atoms. The summed E-state index contributed by atoms with van der Waals surface area (Å²) in [5.41, 5.74) is 5.38. The molecule has 0 heterocycles. The minimum absolute atomic E-state index is 0.0760. The molecule has 0 saturated carbocycles. The van der Waals surface area contributed by atoms with Gasteiger partial charge in [-0.05, 0) is 32.1 Å². The van der Waals surface area contributed by atoms with Crippen LogP contribution in [0.15, 0.2) is 24.3 Å². The van der Waals surface area contributed by atoms with Gasteiger partial charge in [-0.25, -0.2) is 4.57 Å². The van der Waals surface area contributed by atoms with Crippen LogP contribution in [0, 0.1) is 0 Å². The minimum atomic E-state index is -4.34. The summed E-state index contributed by atoms with van der Waals surface area (Å²) in [7, 11) is -4.34. The molecule has 1 amide bonds. The fourth-order valence-electron chi connectivity index (χ4n) is 6.97. The fraction of sp³-hybridized carbons (Fsp3) is 0.891. The van der Waals surface area contributed by atoms with Crippen molar-refractivity contribution in [3.63, 3.8) is 0 Å². The van der Waals surface area contributed by atoms with Crippen LogP contribution in [-0.4, -0.2) is 47.8 Å². The molecule has 0 aromatic carbocycles. The van der Waals surface area contributed by atoms with Crippen molar-refractivity contribution in [1.29, 1.82) is 0 Å². The summed E-state index contributed by atoms with van der Waals surface area (Å²) in [6.07, 6.45) is 49.5. The lowest BCUT2D eigenvalue weighted by atomic mass is 10.0. The van der Waals surface area contributed by atoms with E-state index in [-0.39, 0.29) is 25.7 Å². The zero-order valence-electron chi connectivity index (χ0n) is 36.2. The SMILES string of the molecule is CCCCCCCCCCCCCCCCC/C=C/CC/C=C/C(O)C(COP(=O)(O)OCCN)NC(=O)CCCCCCCCCCCCCCCCC. The highest BCUT2D eigenvalue weighted by atomic mass is 31.2. The summed E-state index contributed by atoms with van der Waals surface area (Å²) in [4.78, 5) is 22.7. The number of phosphoric ester groups is 1. The van der Waals surface area contributed by atoms with Crippen LogP contribution in [-0.2, 0) is 18.4 Å². The van der Waals surface area contributed by atoms with E-state index in [1.165, 1.54) is 173 Å². The fourth-order valence-corrected chi connectivity index (χ4v) is 7.73. The van der Waals surface area contributed by atoms with E-state index in [0.29, 0.717) is 6.42 Å². The van der Waals surface area contributed by atoms with Gasteiger partial charge >= 0.3 is 7.82 Å². The van der Waals surface area contributed by atoms with Crippen LogP contribution >= 0.6 is 7.82 Å². The predicted molar refractivity (Wildman–Crippen MR) is 235 cm³/mol. The van der Waals surface area contributed by atoms with Crippen LogP contribution < -0.4 is 11.1 Å². The van der Waals surface area contributed by atoms with Crippen LogP contribution in [0.5, 0.6) is 0 Å². The Balaban J connectivity index is 4.18. The average molecular weight is 799 g/mol. The molecule has 8 nitrogen and oxygen atoms in total. The van der Waals surface area contributed by atoms with E-state index in [9.17, 15) is 19.4 Å². The number of allylic oxidation sites excluding steroid dienone is 3. The number of rotatable bonds is 44. The Morgan fingerprint density at radius 2 is 0.964 bits per heavy atom. The molecule has 0 fully saturated rings. The highest BCUT2D eigenvalue weighted by molar-refractivity contribution is 7.47. The Morgan fingerprint density at radius 1 is 0.582 bits per heavy atom. The van der Waals surface area contributed by atoms with Gasteiger partial charge in [0.05, 0.1) is 25.4 Å². The molecule has 326 valence electrons. The highest BCUT2D eigenvalue weighted by Crippen LogP contribution is 2.43. The van der Waals surface area contributed by atoms with Gasteiger partial charge in [0.15, 0.2) is 0 Å². The molecule has 0 saturated heterocycles. The van der Waals surface area contributed by atoms with Crippen LogP contribution in [0.3, 0.4) is 0 Å². The van der Waals surface area contributed by atoms with Gasteiger partial charge in [-0.1, -0.05) is 218 Å². The van der Waals surface area contributed by atoms with Gasteiger partial charge in [0.1, 0.15) is 0 Å². The maximum Gasteiger partial charge on any atom is 0.472 e. The van der Waals surface area contributed by atoms with Crippen molar-refractivity contribution >= 4 is 13.7 Å². The molecule has 5 N–H and O–H groups in total. The van der Waals surface area contributed by atoms with Gasteiger partial charge in [0, 0.05) is 13.0 Å². The van der Waals surface area contributed by atoms with Crippen molar-refractivity contribution in [2.75, 3.05) is 19.8 Å². The van der Waals surface area contributed by atoms with Crippen LogP contribution in [0.1, 0.15) is 232 Å². The number of hydrogen-bond acceptors (Lipinski definition) is 6. The molecule has 0 aliphatic heterocycles. The second-order valence-electron chi connectivity index (χ2n) is 16.0. The second-order valence-corrected chi connectivity index (χ2v) is 17.4. The molecule has 0 aromatic heterocycles. The molecule has 0 aromatic rings. The Bertz CT molecular complexity index is 917. The number of aliphatic hydroxyl groups excluding tert-OH is 1. The van der Waals surface area contributed by atoms with Crippen LogP contribution in [0.2, 0.25) is 0 Å². The van der Waals surface area contributed by atoms with E-state index in [2.05, 4.69) is 31.3 Å². The molecular weight excluding hydrogens is 707 g/mol. The van der Waals surface area contributed by atoms with Gasteiger partial charge in [-0.15, -0.1) is 0 Å². The third-order valence-corrected chi connectivity index (χ3v) is 11.5. The molecular formula is C46H91N2O6P. The van der Waals surface area contributed by atoms with Gasteiger partial charge in [0.25, 0.3) is 0 Å². The number of phosphoric acid groups is 1. The molecule has 0 rings (SSSR count). The first-order chi connectivity index (χ1) is 26.9. The molecule has 3 unspecified atom stereocenters. The molecule has 0 aliphatic rings. The van der Waals surface area contributed by atoms with Gasteiger partial charge in [-0.2, -0.15) is 0 Å². The number of nitrogens with one attached hydrogen (secondary N) is 1. The maximum atomic E-state index is 12.8. The van der Waals surface area contributed by atoms with Crippen molar-refractivity contribution in [2.45, 2.75) is 244 Å². The third kappa shape index (κ3) is 41.0. The molecule has 3 atom stereocenters. The summed E-state index contributed by atoms with van der Waals surface area (Å²) < 4.78 is 22.1. The lowest BCUT2D eigenvalue weighted by Crippen LogP contribution is -2.45. The molecule has 0 bridgehead atoms. The summed E-state index contributed by atoms with van der Waals surface area (Å²) in [6, 6.07) is -0.873. The highest BCUT2D eigenvalue weighted by Gasteiger charge is 2.26. The Hall–Kier alpha value is -1.02. The molecule has 0 spiro atoms. The minimum Gasteiger partial charge on any atom is -0.387 e. The summed E-state index contributed by atoms with van der Waals surface area (Å²) in [5, 5.41) is 13.7. The standard InChI is InChI=1S/C46H91N2O6P/c1-3-5-7-9-11-13-15-17-19-20-21-22-23-24-26-27-29-31-33-35-37-39-45(49)44(43-54-55(51,52)53-42-41-47)48-46(50)40-38-36-34-32-30-28-25-18-16-14-12-10-8-6-4-2/h29,31,37,39,44-45,49H,3-28,30,32-36,38,40-43,47H2,1-2H3,(H,48,50)(H,51,52)/b31-29+,39-37+. The van der Waals surface area contributed by atoms with Gasteiger partial charge in [-0.3, -0.25) is 13.8 Å². The first kappa shape index (κ1) is 54.0. The number of aliphatic hydroxyl groups is 1. The van der Waals surface area contributed by atoms with Gasteiger partial charge < -0.3 is 21.1 Å². The van der Waals surface area contributed by atoms with Crippen LogP contribution in [0.25, 0.3) is 0 Å². The normalized spacial score (nSPS) is 14.2. The van der Waals surface area contributed by atoms with E-state index in [0.717, 1.165) is 38.5 Å². The Kier molecular flexibility index (Phi) is 41.8. The second kappa shape index (κ2) is 42.6. The molecule has 9 heteroatoms. The number of amides is 1. The Labute approximate surface area is 340 Å². The largest absolute Gasteiger partial charge is 0.472 e. The monoisotopic (exact) mass is 799 g/mol. The lowest BCUT2D eigenvalue weighted by molar-refractivity contribution is -0.123. The van der Waals surface area contributed by atoms with Crippen molar-refractivity contribution in [3.8, 4) is 0 Å². The zero-order valence-corrected chi connectivity index (χ0v) is 37.1. The topological polar surface area (TPSA) is 131 Å². The van der Waals surface area contributed by atoms with E-state index in [1.807, 2.05) is 6.08 Å². The number of carbonyl (C=O) groups excluding carboxylic acids is 1. The van der Waals surface area contributed by atoms with Crippen molar-refractivity contribution in [2.24, 2.45) is 5.73 Å². The molecule has 0 aliphatic carbocycles. The quantitative estimate of drug-likeness (QED) is 0.0274. The number of unbranched alkanes of at least 4 members (excludes halogenated alkanes) is 30. The van der Waals surface area contributed by atoms with Crippen LogP contribution in [0.4, 0.5) is 0 Å².